The number of anilines is 1. The van der Waals surface area contributed by atoms with Crippen LogP contribution in [0.5, 0.6) is 0 Å². The lowest BCUT2D eigenvalue weighted by Gasteiger charge is -2.51. The second-order valence-electron chi connectivity index (χ2n) is 9.62. The number of hydrogen-bond acceptors (Lipinski definition) is 5. The Labute approximate surface area is 159 Å². The quantitative estimate of drug-likeness (QED) is 0.828. The molecule has 5 heteroatoms. The van der Waals surface area contributed by atoms with Gasteiger partial charge in [0.1, 0.15) is 0 Å². The molecule has 0 radical (unpaired) electrons. The van der Waals surface area contributed by atoms with Gasteiger partial charge >= 0.3 is 0 Å². The van der Waals surface area contributed by atoms with Gasteiger partial charge in [-0.3, -0.25) is 9.80 Å². The van der Waals surface area contributed by atoms with Crippen LogP contribution < -0.4 is 4.90 Å². The number of aromatic nitrogens is 2. The molecule has 0 N–H and O–H groups in total. The van der Waals surface area contributed by atoms with E-state index in [-0.39, 0.29) is 11.1 Å². The van der Waals surface area contributed by atoms with E-state index >= 15 is 0 Å². The molecule has 3 heterocycles. The molecule has 0 unspecified atom stereocenters. The van der Waals surface area contributed by atoms with Crippen LogP contribution >= 0.6 is 0 Å². The summed E-state index contributed by atoms with van der Waals surface area (Å²) < 4.78 is 0. The third-order valence-corrected chi connectivity index (χ3v) is 6.59. The highest BCUT2D eigenvalue weighted by atomic mass is 15.3. The van der Waals surface area contributed by atoms with Crippen LogP contribution in [0.2, 0.25) is 0 Å². The van der Waals surface area contributed by atoms with E-state index in [4.69, 9.17) is 0 Å². The molecule has 0 amide bonds. The van der Waals surface area contributed by atoms with E-state index in [9.17, 15) is 0 Å². The molecule has 2 fully saturated rings. The summed E-state index contributed by atoms with van der Waals surface area (Å²) in [5.74, 6) is 1.64. The molecule has 0 atom stereocenters. The Bertz CT molecular complexity index is 573. The van der Waals surface area contributed by atoms with Crippen molar-refractivity contribution in [3.8, 4) is 0 Å². The van der Waals surface area contributed by atoms with Gasteiger partial charge in [-0.2, -0.15) is 0 Å². The fraction of sp³-hybridized carbons (Fsp3) is 0.810. The molecular formula is C21H37N5. The average molecular weight is 360 g/mol. The van der Waals surface area contributed by atoms with Gasteiger partial charge in [-0.25, -0.2) is 9.97 Å². The Kier molecular flexibility index (Phi) is 5.59. The van der Waals surface area contributed by atoms with Gasteiger partial charge in [0.25, 0.3) is 0 Å². The van der Waals surface area contributed by atoms with Crippen molar-refractivity contribution in [3.05, 3.63) is 18.0 Å². The molecule has 0 saturated carbocycles. The topological polar surface area (TPSA) is 35.5 Å². The molecule has 1 aromatic heterocycles. The molecule has 146 valence electrons. The Morgan fingerprint density at radius 1 is 0.808 bits per heavy atom. The molecule has 5 nitrogen and oxygen atoms in total. The SMILES string of the molecule is Cc1cnc(N2CCC(C(C)(C)N3CCN(C(C)(C)C)CC3)CC2)nc1. The van der Waals surface area contributed by atoms with E-state index in [2.05, 4.69) is 59.3 Å². The number of aryl methyl sites for hydroxylation is 1. The smallest absolute Gasteiger partial charge is 0.225 e. The maximum atomic E-state index is 4.51. The first-order chi connectivity index (χ1) is 12.2. The van der Waals surface area contributed by atoms with Crippen molar-refractivity contribution in [3.63, 3.8) is 0 Å². The zero-order valence-electron chi connectivity index (χ0n) is 17.6. The van der Waals surface area contributed by atoms with Crippen molar-refractivity contribution < 1.29 is 0 Å². The standard InChI is InChI=1S/C21H37N5/c1-17-15-22-19(23-16-17)24-9-7-18(8-10-24)21(5,6)26-13-11-25(12-14-26)20(2,3)4/h15-16,18H,7-14H2,1-6H3. The number of nitrogens with zero attached hydrogens (tertiary/aromatic N) is 5. The maximum Gasteiger partial charge on any atom is 0.225 e. The van der Waals surface area contributed by atoms with Gasteiger partial charge in [0, 0.05) is 62.7 Å². The lowest BCUT2D eigenvalue weighted by Crippen LogP contribution is -2.61. The number of hydrogen-bond donors (Lipinski definition) is 0. The third-order valence-electron chi connectivity index (χ3n) is 6.59. The largest absolute Gasteiger partial charge is 0.341 e. The Hall–Kier alpha value is -1.20. The Morgan fingerprint density at radius 3 is 1.81 bits per heavy atom. The summed E-state index contributed by atoms with van der Waals surface area (Å²) in [4.78, 5) is 16.7. The minimum Gasteiger partial charge on any atom is -0.341 e. The fourth-order valence-corrected chi connectivity index (χ4v) is 4.55. The van der Waals surface area contributed by atoms with Gasteiger partial charge in [0.15, 0.2) is 0 Å². The number of rotatable bonds is 3. The molecule has 0 spiro atoms. The highest BCUT2D eigenvalue weighted by Crippen LogP contribution is 2.34. The molecule has 26 heavy (non-hydrogen) atoms. The summed E-state index contributed by atoms with van der Waals surface area (Å²) in [6.45, 7) is 20.8. The van der Waals surface area contributed by atoms with E-state index in [0.29, 0.717) is 0 Å². The van der Waals surface area contributed by atoms with Gasteiger partial charge in [0.05, 0.1) is 0 Å². The predicted molar refractivity (Wildman–Crippen MR) is 109 cm³/mol. The number of piperazine rings is 1. The van der Waals surface area contributed by atoms with Crippen LogP contribution in [-0.4, -0.2) is 70.1 Å². The molecular weight excluding hydrogens is 322 g/mol. The first-order valence-electron chi connectivity index (χ1n) is 10.2. The van der Waals surface area contributed by atoms with E-state index in [1.165, 1.54) is 39.0 Å². The predicted octanol–water partition coefficient (Wildman–Crippen LogP) is 3.20. The second kappa shape index (κ2) is 7.43. The molecule has 1 aromatic rings. The molecule has 0 aromatic carbocycles. The first kappa shape index (κ1) is 19.6. The Balaban J connectivity index is 1.55. The van der Waals surface area contributed by atoms with Crippen molar-refractivity contribution >= 4 is 5.95 Å². The summed E-state index contributed by atoms with van der Waals surface area (Å²) in [5, 5.41) is 0. The van der Waals surface area contributed by atoms with Gasteiger partial charge in [-0.1, -0.05) is 0 Å². The van der Waals surface area contributed by atoms with E-state index in [0.717, 1.165) is 30.5 Å². The fourth-order valence-electron chi connectivity index (χ4n) is 4.55. The molecule has 3 rings (SSSR count). The first-order valence-corrected chi connectivity index (χ1v) is 10.2. The third kappa shape index (κ3) is 4.20. The van der Waals surface area contributed by atoms with Crippen LogP contribution in [0.4, 0.5) is 5.95 Å². The molecule has 2 saturated heterocycles. The normalized spacial score (nSPS) is 22.0. The van der Waals surface area contributed by atoms with Crippen LogP contribution in [-0.2, 0) is 0 Å². The second-order valence-corrected chi connectivity index (χ2v) is 9.62. The van der Waals surface area contributed by atoms with Crippen LogP contribution in [0.1, 0.15) is 53.0 Å². The lowest BCUT2D eigenvalue weighted by atomic mass is 9.78. The average Bonchev–Trinajstić information content (AvgIpc) is 2.62. The van der Waals surface area contributed by atoms with Gasteiger partial charge in [0.2, 0.25) is 5.95 Å². The summed E-state index contributed by atoms with van der Waals surface area (Å²) in [6.07, 6.45) is 6.30. The molecule has 0 aliphatic carbocycles. The summed E-state index contributed by atoms with van der Waals surface area (Å²) in [7, 11) is 0. The monoisotopic (exact) mass is 359 g/mol. The number of piperidine rings is 1. The molecule has 0 bridgehead atoms. The van der Waals surface area contributed by atoms with Crippen molar-refractivity contribution in [1.82, 2.24) is 19.8 Å². The van der Waals surface area contributed by atoms with Crippen molar-refractivity contribution in [1.29, 1.82) is 0 Å². The van der Waals surface area contributed by atoms with Crippen LogP contribution in [0.25, 0.3) is 0 Å². The van der Waals surface area contributed by atoms with Crippen molar-refractivity contribution in [2.45, 2.75) is 65.5 Å². The van der Waals surface area contributed by atoms with E-state index in [1.54, 1.807) is 0 Å². The van der Waals surface area contributed by atoms with E-state index < -0.39 is 0 Å². The zero-order chi connectivity index (χ0) is 18.9. The van der Waals surface area contributed by atoms with Crippen molar-refractivity contribution in [2.24, 2.45) is 5.92 Å². The molecule has 2 aliphatic rings. The van der Waals surface area contributed by atoms with Crippen LogP contribution in [0.3, 0.4) is 0 Å². The van der Waals surface area contributed by atoms with Crippen LogP contribution in [0, 0.1) is 12.8 Å². The minimum atomic E-state index is 0.268. The Morgan fingerprint density at radius 2 is 1.31 bits per heavy atom. The lowest BCUT2D eigenvalue weighted by molar-refractivity contribution is -0.0149. The van der Waals surface area contributed by atoms with Gasteiger partial charge < -0.3 is 4.90 Å². The van der Waals surface area contributed by atoms with Gasteiger partial charge in [-0.15, -0.1) is 0 Å². The highest BCUT2D eigenvalue weighted by Gasteiger charge is 2.39. The highest BCUT2D eigenvalue weighted by molar-refractivity contribution is 5.30. The zero-order valence-corrected chi connectivity index (χ0v) is 17.6. The summed E-state index contributed by atoms with van der Waals surface area (Å²) in [5.41, 5.74) is 1.68. The summed E-state index contributed by atoms with van der Waals surface area (Å²) >= 11 is 0. The molecule has 2 aliphatic heterocycles. The van der Waals surface area contributed by atoms with Crippen LogP contribution in [0.15, 0.2) is 12.4 Å². The van der Waals surface area contributed by atoms with Crippen molar-refractivity contribution in [2.75, 3.05) is 44.2 Å². The minimum absolute atomic E-state index is 0.268. The van der Waals surface area contributed by atoms with E-state index in [1.807, 2.05) is 19.3 Å². The maximum absolute atomic E-state index is 4.51. The summed E-state index contributed by atoms with van der Waals surface area (Å²) in [6, 6.07) is 0. The van der Waals surface area contributed by atoms with Gasteiger partial charge in [-0.05, 0) is 65.9 Å².